The van der Waals surface area contributed by atoms with Gasteiger partial charge in [-0.05, 0) is 49.0 Å². The number of hydrogen-bond acceptors (Lipinski definition) is 3. The fourth-order valence-corrected chi connectivity index (χ4v) is 2.60. The van der Waals surface area contributed by atoms with Gasteiger partial charge in [0.2, 0.25) is 0 Å². The van der Waals surface area contributed by atoms with E-state index >= 15 is 0 Å². The Morgan fingerprint density at radius 1 is 1.04 bits per heavy atom. The van der Waals surface area contributed by atoms with Crippen molar-refractivity contribution < 1.29 is 4.79 Å². The van der Waals surface area contributed by atoms with E-state index in [-0.39, 0.29) is 5.78 Å². The molecule has 0 spiro atoms. The number of nitrogens with one attached hydrogen (secondary N) is 2. The highest BCUT2D eigenvalue weighted by atomic mass is 32.1. The van der Waals surface area contributed by atoms with Crippen molar-refractivity contribution in [1.82, 2.24) is 9.78 Å². The van der Waals surface area contributed by atoms with Crippen LogP contribution in [0.15, 0.2) is 67.0 Å². The van der Waals surface area contributed by atoms with Crippen LogP contribution >= 0.6 is 12.2 Å². The Morgan fingerprint density at radius 2 is 1.72 bits per heavy atom. The summed E-state index contributed by atoms with van der Waals surface area (Å²) in [7, 11) is 0. The van der Waals surface area contributed by atoms with E-state index < -0.39 is 0 Å². The molecule has 0 aliphatic rings. The number of thiocarbonyl (C=S) groups is 1. The third-order valence-electron chi connectivity index (χ3n) is 3.63. The molecule has 2 aromatic carbocycles. The minimum atomic E-state index is 0.0399. The Balaban J connectivity index is 1.57. The predicted octanol–water partition coefficient (Wildman–Crippen LogP) is 3.94. The van der Waals surface area contributed by atoms with Gasteiger partial charge in [0.1, 0.15) is 0 Å². The lowest BCUT2D eigenvalue weighted by atomic mass is 10.1. The first-order valence-corrected chi connectivity index (χ1v) is 8.26. The van der Waals surface area contributed by atoms with Crippen molar-refractivity contribution in [2.24, 2.45) is 0 Å². The van der Waals surface area contributed by atoms with Gasteiger partial charge in [0.15, 0.2) is 10.9 Å². The number of Topliss-reactive ketones (excluding diaryl/α,β-unsaturated/α-hetero) is 1. The van der Waals surface area contributed by atoms with Gasteiger partial charge in [-0.1, -0.05) is 30.3 Å². The zero-order valence-electron chi connectivity index (χ0n) is 13.8. The standard InChI is InChI=1S/C19H18N4OS/c1-14(24)16-7-9-17(10-8-16)21-19(25)22-18-11-20-23(13-18)12-15-5-3-2-4-6-15/h2-11,13H,12H2,1H3,(H2,21,22,25). The molecular formula is C19H18N4OS. The molecule has 1 heterocycles. The van der Waals surface area contributed by atoms with E-state index in [1.165, 1.54) is 5.56 Å². The first-order chi connectivity index (χ1) is 12.1. The lowest BCUT2D eigenvalue weighted by Gasteiger charge is -2.09. The molecule has 6 heteroatoms. The summed E-state index contributed by atoms with van der Waals surface area (Å²) in [6.07, 6.45) is 3.63. The Kier molecular flexibility index (Phi) is 5.20. The van der Waals surface area contributed by atoms with Crippen molar-refractivity contribution in [3.8, 4) is 0 Å². The molecule has 0 fully saturated rings. The Morgan fingerprint density at radius 3 is 2.40 bits per heavy atom. The molecule has 0 saturated carbocycles. The van der Waals surface area contributed by atoms with Crippen LogP contribution in [0.1, 0.15) is 22.8 Å². The fourth-order valence-electron chi connectivity index (χ4n) is 2.37. The predicted molar refractivity (Wildman–Crippen MR) is 104 cm³/mol. The molecule has 3 aromatic rings. The van der Waals surface area contributed by atoms with Gasteiger partial charge in [0, 0.05) is 17.4 Å². The van der Waals surface area contributed by atoms with Crippen LogP contribution in [-0.2, 0) is 6.54 Å². The van der Waals surface area contributed by atoms with Gasteiger partial charge in [-0.2, -0.15) is 5.10 Å². The zero-order valence-corrected chi connectivity index (χ0v) is 14.6. The average Bonchev–Trinajstić information content (AvgIpc) is 3.03. The summed E-state index contributed by atoms with van der Waals surface area (Å²) in [5.74, 6) is 0.0399. The molecule has 2 N–H and O–H groups in total. The van der Waals surface area contributed by atoms with Crippen molar-refractivity contribution in [2.75, 3.05) is 10.6 Å². The van der Waals surface area contributed by atoms with Crippen LogP contribution in [0.5, 0.6) is 0 Å². The van der Waals surface area contributed by atoms with Crippen molar-refractivity contribution in [3.63, 3.8) is 0 Å². The number of rotatable bonds is 5. The van der Waals surface area contributed by atoms with Gasteiger partial charge in [-0.3, -0.25) is 9.48 Å². The van der Waals surface area contributed by atoms with Crippen LogP contribution in [0.3, 0.4) is 0 Å². The molecule has 0 aliphatic heterocycles. The van der Waals surface area contributed by atoms with Gasteiger partial charge in [-0.15, -0.1) is 0 Å². The molecule has 126 valence electrons. The van der Waals surface area contributed by atoms with Crippen molar-refractivity contribution in [2.45, 2.75) is 13.5 Å². The monoisotopic (exact) mass is 350 g/mol. The smallest absolute Gasteiger partial charge is 0.175 e. The van der Waals surface area contributed by atoms with Crippen molar-refractivity contribution in [1.29, 1.82) is 0 Å². The SMILES string of the molecule is CC(=O)c1ccc(NC(=S)Nc2cnn(Cc3ccccc3)c2)cc1. The molecule has 0 unspecified atom stereocenters. The number of benzene rings is 2. The Hall–Kier alpha value is -2.99. The maximum atomic E-state index is 11.3. The molecule has 25 heavy (non-hydrogen) atoms. The van der Waals surface area contributed by atoms with Crippen LogP contribution in [0.25, 0.3) is 0 Å². The van der Waals surface area contributed by atoms with Crippen LogP contribution in [0, 0.1) is 0 Å². The molecule has 0 atom stereocenters. The Labute approximate surface area is 151 Å². The second-order valence-corrected chi connectivity index (χ2v) is 6.03. The van der Waals surface area contributed by atoms with E-state index in [0.717, 1.165) is 11.4 Å². The van der Waals surface area contributed by atoms with E-state index in [2.05, 4.69) is 27.9 Å². The maximum Gasteiger partial charge on any atom is 0.175 e. The van der Waals surface area contributed by atoms with Gasteiger partial charge in [0.05, 0.1) is 18.4 Å². The number of carbonyl (C=O) groups excluding carboxylic acids is 1. The van der Waals surface area contributed by atoms with Crippen LogP contribution in [0.4, 0.5) is 11.4 Å². The van der Waals surface area contributed by atoms with E-state index in [0.29, 0.717) is 17.2 Å². The number of carbonyl (C=O) groups is 1. The summed E-state index contributed by atoms with van der Waals surface area (Å²) >= 11 is 5.32. The van der Waals surface area contributed by atoms with Crippen molar-refractivity contribution in [3.05, 3.63) is 78.1 Å². The highest BCUT2D eigenvalue weighted by molar-refractivity contribution is 7.80. The normalized spacial score (nSPS) is 10.3. The third kappa shape index (κ3) is 4.74. The maximum absolute atomic E-state index is 11.3. The van der Waals surface area contributed by atoms with Gasteiger partial charge in [0.25, 0.3) is 0 Å². The minimum absolute atomic E-state index is 0.0399. The minimum Gasteiger partial charge on any atom is -0.332 e. The molecule has 0 radical (unpaired) electrons. The number of hydrogen-bond donors (Lipinski definition) is 2. The van der Waals surface area contributed by atoms with E-state index in [9.17, 15) is 4.79 Å². The molecular weight excluding hydrogens is 332 g/mol. The Bertz CT molecular complexity index is 872. The number of nitrogens with zero attached hydrogens (tertiary/aromatic N) is 2. The summed E-state index contributed by atoms with van der Waals surface area (Å²) < 4.78 is 1.85. The second kappa shape index (κ2) is 7.72. The van der Waals surface area contributed by atoms with E-state index in [1.54, 1.807) is 25.3 Å². The molecule has 0 bridgehead atoms. The number of anilines is 2. The summed E-state index contributed by atoms with van der Waals surface area (Å²) in [5.41, 5.74) is 3.49. The van der Waals surface area contributed by atoms with Crippen molar-refractivity contribution >= 4 is 34.5 Å². The van der Waals surface area contributed by atoms with Gasteiger partial charge >= 0.3 is 0 Å². The molecule has 0 amide bonds. The van der Waals surface area contributed by atoms with Gasteiger partial charge in [-0.25, -0.2) is 0 Å². The average molecular weight is 350 g/mol. The quantitative estimate of drug-likeness (QED) is 0.539. The molecule has 5 nitrogen and oxygen atoms in total. The van der Waals surface area contributed by atoms with E-state index in [1.807, 2.05) is 41.2 Å². The highest BCUT2D eigenvalue weighted by Crippen LogP contribution is 2.12. The highest BCUT2D eigenvalue weighted by Gasteiger charge is 2.04. The first kappa shape index (κ1) is 16.9. The summed E-state index contributed by atoms with van der Waals surface area (Å²) in [6, 6.07) is 17.3. The fraction of sp³-hybridized carbons (Fsp3) is 0.105. The number of ketones is 1. The molecule has 3 rings (SSSR count). The second-order valence-electron chi connectivity index (χ2n) is 5.62. The summed E-state index contributed by atoms with van der Waals surface area (Å²) in [5, 5.41) is 11.0. The van der Waals surface area contributed by atoms with Crippen LogP contribution in [0.2, 0.25) is 0 Å². The number of aromatic nitrogens is 2. The zero-order chi connectivity index (χ0) is 17.6. The van der Waals surface area contributed by atoms with Gasteiger partial charge < -0.3 is 10.6 Å². The molecule has 0 aliphatic carbocycles. The van der Waals surface area contributed by atoms with E-state index in [4.69, 9.17) is 12.2 Å². The van der Waals surface area contributed by atoms with Crippen LogP contribution in [-0.4, -0.2) is 20.7 Å². The molecule has 0 saturated heterocycles. The first-order valence-electron chi connectivity index (χ1n) is 7.85. The lowest BCUT2D eigenvalue weighted by molar-refractivity contribution is 0.101. The lowest BCUT2D eigenvalue weighted by Crippen LogP contribution is -2.18. The van der Waals surface area contributed by atoms with Crippen LogP contribution < -0.4 is 10.6 Å². The molecule has 1 aromatic heterocycles. The largest absolute Gasteiger partial charge is 0.332 e. The summed E-state index contributed by atoms with van der Waals surface area (Å²) in [4.78, 5) is 11.3. The summed E-state index contributed by atoms with van der Waals surface area (Å²) in [6.45, 7) is 2.25. The third-order valence-corrected chi connectivity index (χ3v) is 3.83. The topological polar surface area (TPSA) is 59.0 Å².